The first-order valence-corrected chi connectivity index (χ1v) is 11.7. The molecule has 1 amide bonds. The zero-order valence-corrected chi connectivity index (χ0v) is 18.8. The second kappa shape index (κ2) is 9.65. The molecule has 2 aromatic rings. The minimum Gasteiger partial charge on any atom is -0.494 e. The molecule has 3 rings (SSSR count). The molecule has 0 unspecified atom stereocenters. The molecular weight excluding hydrogens is 421 g/mol. The minimum atomic E-state index is -3.85. The van der Waals surface area contributed by atoms with E-state index in [1.807, 2.05) is 6.92 Å². The van der Waals surface area contributed by atoms with Crippen LogP contribution in [0.15, 0.2) is 47.4 Å². The third-order valence-corrected chi connectivity index (χ3v) is 6.78. The molecule has 1 heterocycles. The Morgan fingerprint density at radius 3 is 2.35 bits per heavy atom. The molecule has 2 aromatic carbocycles. The van der Waals surface area contributed by atoms with Crippen molar-refractivity contribution in [1.29, 1.82) is 0 Å². The lowest BCUT2D eigenvalue weighted by atomic mass is 10.2. The molecule has 0 radical (unpaired) electrons. The van der Waals surface area contributed by atoms with Gasteiger partial charge in [-0.2, -0.15) is 4.72 Å². The van der Waals surface area contributed by atoms with Crippen molar-refractivity contribution in [3.63, 3.8) is 0 Å². The number of anilines is 1. The second-order valence-corrected chi connectivity index (χ2v) is 9.21. The fourth-order valence-electron chi connectivity index (χ4n) is 3.57. The Morgan fingerprint density at radius 2 is 1.77 bits per heavy atom. The van der Waals surface area contributed by atoms with E-state index in [2.05, 4.69) is 9.62 Å². The summed E-state index contributed by atoms with van der Waals surface area (Å²) in [6, 6.07) is 9.97. The van der Waals surface area contributed by atoms with Gasteiger partial charge < -0.3 is 14.5 Å². The van der Waals surface area contributed by atoms with E-state index in [-0.39, 0.29) is 16.6 Å². The molecule has 31 heavy (non-hydrogen) atoms. The van der Waals surface area contributed by atoms with Crippen molar-refractivity contribution < 1.29 is 22.3 Å². The molecule has 168 valence electrons. The Morgan fingerprint density at radius 1 is 1.13 bits per heavy atom. The number of sulfonamides is 1. The monoisotopic (exact) mass is 449 g/mol. The number of ether oxygens (including phenoxy) is 1. The Kier molecular flexibility index (Phi) is 7.17. The van der Waals surface area contributed by atoms with Crippen molar-refractivity contribution in [3.05, 3.63) is 53.8 Å². The Balaban J connectivity index is 1.60. The smallest absolute Gasteiger partial charge is 0.241 e. The molecule has 1 fully saturated rings. The largest absolute Gasteiger partial charge is 0.494 e. The van der Waals surface area contributed by atoms with Gasteiger partial charge in [-0.25, -0.2) is 12.8 Å². The van der Waals surface area contributed by atoms with Crippen molar-refractivity contribution in [2.24, 2.45) is 0 Å². The van der Waals surface area contributed by atoms with E-state index in [1.54, 1.807) is 36.9 Å². The van der Waals surface area contributed by atoms with E-state index >= 15 is 0 Å². The number of piperazine rings is 1. The van der Waals surface area contributed by atoms with Crippen LogP contribution in [0.2, 0.25) is 0 Å². The minimum absolute atomic E-state index is 0.0919. The normalized spacial score (nSPS) is 15.6. The number of hydrogen-bond donors (Lipinski definition) is 1. The molecule has 1 saturated heterocycles. The van der Waals surface area contributed by atoms with Crippen LogP contribution in [-0.4, -0.2) is 58.1 Å². The number of benzene rings is 2. The van der Waals surface area contributed by atoms with E-state index in [0.717, 1.165) is 5.69 Å². The van der Waals surface area contributed by atoms with Gasteiger partial charge >= 0.3 is 0 Å². The second-order valence-electron chi connectivity index (χ2n) is 7.49. The molecule has 1 atom stereocenters. The van der Waals surface area contributed by atoms with Crippen LogP contribution in [0.5, 0.6) is 5.75 Å². The summed E-state index contributed by atoms with van der Waals surface area (Å²) in [7, 11) is -3.85. The number of rotatable bonds is 7. The fraction of sp³-hybridized carbons (Fsp3) is 0.409. The summed E-state index contributed by atoms with van der Waals surface area (Å²) < 4.78 is 46.6. The van der Waals surface area contributed by atoms with Crippen molar-refractivity contribution in [3.8, 4) is 5.75 Å². The summed E-state index contributed by atoms with van der Waals surface area (Å²) in [6.07, 6.45) is 0. The highest BCUT2D eigenvalue weighted by atomic mass is 32.2. The molecule has 1 aliphatic heterocycles. The fourth-order valence-corrected chi connectivity index (χ4v) is 4.85. The summed E-state index contributed by atoms with van der Waals surface area (Å²) in [6.45, 7) is 7.79. The number of halogens is 1. The van der Waals surface area contributed by atoms with Crippen molar-refractivity contribution in [2.75, 3.05) is 37.7 Å². The summed E-state index contributed by atoms with van der Waals surface area (Å²) in [5.74, 6) is 0.0657. The summed E-state index contributed by atoms with van der Waals surface area (Å²) >= 11 is 0. The van der Waals surface area contributed by atoms with Crippen molar-refractivity contribution in [2.45, 2.75) is 31.7 Å². The number of nitrogens with one attached hydrogen (secondary N) is 1. The molecule has 1 aliphatic rings. The summed E-state index contributed by atoms with van der Waals surface area (Å²) in [4.78, 5) is 16.6. The predicted octanol–water partition coefficient (Wildman–Crippen LogP) is 2.55. The first kappa shape index (κ1) is 23.0. The van der Waals surface area contributed by atoms with Crippen molar-refractivity contribution in [1.82, 2.24) is 9.62 Å². The molecule has 0 bridgehead atoms. The van der Waals surface area contributed by atoms with E-state index in [4.69, 9.17) is 4.74 Å². The molecular formula is C22H28FN3O4S. The van der Waals surface area contributed by atoms with E-state index in [1.165, 1.54) is 24.3 Å². The van der Waals surface area contributed by atoms with Gasteiger partial charge in [0.15, 0.2) is 0 Å². The van der Waals surface area contributed by atoms with E-state index < -0.39 is 16.1 Å². The standard InChI is InChI=1S/C22H28FN3O4S/c1-4-30-21-10-9-20(15-16(21)2)31(28,29)24-17(3)22(27)26-13-11-25(12-14-26)19-7-5-18(23)6-8-19/h5-10,15,17,24H,4,11-14H2,1-3H3/t17-/m0/s1. The molecule has 0 saturated carbocycles. The average molecular weight is 450 g/mol. The van der Waals surface area contributed by atoms with Crippen molar-refractivity contribution >= 4 is 21.6 Å². The first-order chi connectivity index (χ1) is 14.7. The highest BCUT2D eigenvalue weighted by Crippen LogP contribution is 2.22. The van der Waals surface area contributed by atoms with Gasteiger partial charge in [0.05, 0.1) is 17.5 Å². The number of carbonyl (C=O) groups excluding carboxylic acids is 1. The maximum Gasteiger partial charge on any atom is 0.241 e. The number of nitrogens with zero attached hydrogens (tertiary/aromatic N) is 2. The lowest BCUT2D eigenvalue weighted by molar-refractivity contribution is -0.132. The van der Waals surface area contributed by atoms with Gasteiger partial charge in [0.1, 0.15) is 11.6 Å². The van der Waals surface area contributed by atoms with Crippen LogP contribution in [0, 0.1) is 12.7 Å². The maximum absolute atomic E-state index is 13.1. The Hall–Kier alpha value is -2.65. The summed E-state index contributed by atoms with van der Waals surface area (Å²) in [5.41, 5.74) is 1.61. The average Bonchev–Trinajstić information content (AvgIpc) is 2.75. The van der Waals surface area contributed by atoms with Crippen LogP contribution >= 0.6 is 0 Å². The van der Waals surface area contributed by atoms with Gasteiger partial charge in [-0.15, -0.1) is 0 Å². The van der Waals surface area contributed by atoms with Gasteiger partial charge in [0, 0.05) is 31.9 Å². The van der Waals surface area contributed by atoms with Gasteiger partial charge in [-0.1, -0.05) is 0 Å². The van der Waals surface area contributed by atoms with Crippen LogP contribution in [0.3, 0.4) is 0 Å². The third kappa shape index (κ3) is 5.54. The highest BCUT2D eigenvalue weighted by Gasteiger charge is 2.28. The molecule has 7 nitrogen and oxygen atoms in total. The number of carbonyl (C=O) groups is 1. The quantitative estimate of drug-likeness (QED) is 0.703. The number of hydrogen-bond acceptors (Lipinski definition) is 5. The van der Waals surface area contributed by atoms with Gasteiger partial charge in [0.2, 0.25) is 15.9 Å². The predicted molar refractivity (Wildman–Crippen MR) is 117 cm³/mol. The molecule has 0 spiro atoms. The number of aryl methyl sites for hydroxylation is 1. The molecule has 1 N–H and O–H groups in total. The van der Waals surface area contributed by atoms with Gasteiger partial charge in [0.25, 0.3) is 0 Å². The molecule has 9 heteroatoms. The SMILES string of the molecule is CCOc1ccc(S(=O)(=O)N[C@@H](C)C(=O)N2CCN(c3ccc(F)cc3)CC2)cc1C. The van der Waals surface area contributed by atoms with Crippen LogP contribution in [-0.2, 0) is 14.8 Å². The maximum atomic E-state index is 13.1. The van der Waals surface area contributed by atoms with Gasteiger partial charge in [-0.3, -0.25) is 4.79 Å². The lowest BCUT2D eigenvalue weighted by Gasteiger charge is -2.37. The van der Waals surface area contributed by atoms with Crippen LogP contribution in [0.25, 0.3) is 0 Å². The van der Waals surface area contributed by atoms with E-state index in [0.29, 0.717) is 44.1 Å². The molecule has 0 aromatic heterocycles. The lowest BCUT2D eigenvalue weighted by Crippen LogP contribution is -2.54. The Bertz CT molecular complexity index is 1020. The summed E-state index contributed by atoms with van der Waals surface area (Å²) in [5, 5.41) is 0. The Labute approximate surface area is 182 Å². The van der Waals surface area contributed by atoms with Crippen LogP contribution in [0.4, 0.5) is 10.1 Å². The number of amides is 1. The van der Waals surface area contributed by atoms with Crippen LogP contribution < -0.4 is 14.4 Å². The highest BCUT2D eigenvalue weighted by molar-refractivity contribution is 7.89. The van der Waals surface area contributed by atoms with E-state index in [9.17, 15) is 17.6 Å². The third-order valence-electron chi connectivity index (χ3n) is 5.24. The van der Waals surface area contributed by atoms with Gasteiger partial charge in [-0.05, 0) is 68.8 Å². The molecule has 0 aliphatic carbocycles. The topological polar surface area (TPSA) is 78.9 Å². The zero-order valence-electron chi connectivity index (χ0n) is 18.0. The first-order valence-electron chi connectivity index (χ1n) is 10.3. The zero-order chi connectivity index (χ0) is 22.6. The van der Waals surface area contributed by atoms with Crippen LogP contribution in [0.1, 0.15) is 19.4 Å².